The van der Waals surface area contributed by atoms with Gasteiger partial charge in [0, 0.05) is 31.9 Å². The summed E-state index contributed by atoms with van der Waals surface area (Å²) in [5.41, 5.74) is 3.68. The molecule has 1 fully saturated rings. The molecule has 0 radical (unpaired) electrons. The van der Waals surface area contributed by atoms with E-state index in [4.69, 9.17) is 14.5 Å². The molecule has 0 atom stereocenters. The second kappa shape index (κ2) is 11.3. The van der Waals surface area contributed by atoms with E-state index in [0.29, 0.717) is 6.54 Å². The van der Waals surface area contributed by atoms with Crippen LogP contribution >= 0.6 is 0 Å². The molecule has 0 aliphatic carbocycles. The van der Waals surface area contributed by atoms with Crippen LogP contribution in [-0.4, -0.2) is 52.5 Å². The number of ether oxygens (including phenoxy) is 2. The molecule has 0 aromatic heterocycles. The van der Waals surface area contributed by atoms with Gasteiger partial charge in [-0.25, -0.2) is 4.99 Å². The molecule has 0 bridgehead atoms. The molecule has 2 aromatic carbocycles. The van der Waals surface area contributed by atoms with Gasteiger partial charge >= 0.3 is 0 Å². The number of methoxy groups -OCH3 is 1. The highest BCUT2D eigenvalue weighted by molar-refractivity contribution is 5.79. The lowest BCUT2D eigenvalue weighted by molar-refractivity contribution is 0.122. The maximum Gasteiger partial charge on any atom is 0.191 e. The predicted molar refractivity (Wildman–Crippen MR) is 119 cm³/mol. The molecular weight excluding hydrogens is 364 g/mol. The van der Waals surface area contributed by atoms with E-state index >= 15 is 0 Å². The van der Waals surface area contributed by atoms with Gasteiger partial charge in [-0.1, -0.05) is 36.4 Å². The van der Waals surface area contributed by atoms with Crippen LogP contribution in [-0.2, 0) is 17.7 Å². The standard InChI is InChI=1S/C23H32N4O2/c1-3-24-23(25-13-12-19-8-5-7-11-22(19)28-2)26-18-20-9-4-6-10-21(20)27-14-16-29-17-15-27/h4-11H,3,12-18H2,1-2H3,(H2,24,25,26). The van der Waals surface area contributed by atoms with E-state index in [2.05, 4.69) is 52.8 Å². The smallest absolute Gasteiger partial charge is 0.191 e. The lowest BCUT2D eigenvalue weighted by Crippen LogP contribution is -2.38. The Labute approximate surface area is 173 Å². The Morgan fingerprint density at radius 1 is 1.03 bits per heavy atom. The summed E-state index contributed by atoms with van der Waals surface area (Å²) in [5, 5.41) is 6.78. The Kier molecular flexibility index (Phi) is 8.19. The van der Waals surface area contributed by atoms with E-state index in [9.17, 15) is 0 Å². The molecule has 156 valence electrons. The lowest BCUT2D eigenvalue weighted by atomic mass is 10.1. The first-order valence-corrected chi connectivity index (χ1v) is 10.4. The zero-order valence-corrected chi connectivity index (χ0v) is 17.5. The fraction of sp³-hybridized carbons (Fsp3) is 0.435. The first-order chi connectivity index (χ1) is 14.3. The van der Waals surface area contributed by atoms with Crippen LogP contribution in [0.15, 0.2) is 53.5 Å². The van der Waals surface area contributed by atoms with Gasteiger partial charge in [-0.15, -0.1) is 0 Å². The number of hydrogen-bond donors (Lipinski definition) is 2. The van der Waals surface area contributed by atoms with Crippen molar-refractivity contribution in [2.45, 2.75) is 19.9 Å². The van der Waals surface area contributed by atoms with Gasteiger partial charge in [0.25, 0.3) is 0 Å². The number of aliphatic imine (C=N–C) groups is 1. The molecular formula is C23H32N4O2. The van der Waals surface area contributed by atoms with Crippen LogP contribution < -0.4 is 20.3 Å². The van der Waals surface area contributed by atoms with E-state index < -0.39 is 0 Å². The van der Waals surface area contributed by atoms with Crippen molar-refractivity contribution in [3.63, 3.8) is 0 Å². The first-order valence-electron chi connectivity index (χ1n) is 10.4. The van der Waals surface area contributed by atoms with Crippen molar-refractivity contribution < 1.29 is 9.47 Å². The Hall–Kier alpha value is -2.73. The van der Waals surface area contributed by atoms with Gasteiger partial charge in [0.2, 0.25) is 0 Å². The maximum absolute atomic E-state index is 5.49. The number of nitrogens with zero attached hydrogens (tertiary/aromatic N) is 2. The van der Waals surface area contributed by atoms with E-state index in [0.717, 1.165) is 57.5 Å². The van der Waals surface area contributed by atoms with Gasteiger partial charge < -0.3 is 25.0 Å². The summed E-state index contributed by atoms with van der Waals surface area (Å²) in [5.74, 6) is 1.76. The van der Waals surface area contributed by atoms with Gasteiger partial charge in [0.05, 0.1) is 26.9 Å². The number of morpholine rings is 1. The van der Waals surface area contributed by atoms with E-state index in [1.807, 2.05) is 18.2 Å². The van der Waals surface area contributed by atoms with Crippen molar-refractivity contribution in [3.05, 3.63) is 59.7 Å². The fourth-order valence-electron chi connectivity index (χ4n) is 3.49. The largest absolute Gasteiger partial charge is 0.496 e. The topological polar surface area (TPSA) is 58.1 Å². The molecule has 3 rings (SSSR count). The van der Waals surface area contributed by atoms with Crippen molar-refractivity contribution in [2.24, 2.45) is 4.99 Å². The summed E-state index contributed by atoms with van der Waals surface area (Å²) in [6, 6.07) is 16.6. The van der Waals surface area contributed by atoms with Crippen LogP contribution in [0.3, 0.4) is 0 Å². The molecule has 0 unspecified atom stereocenters. The molecule has 6 heteroatoms. The summed E-state index contributed by atoms with van der Waals surface area (Å²) in [6.07, 6.45) is 0.874. The van der Waals surface area contributed by atoms with Crippen molar-refractivity contribution in [1.29, 1.82) is 0 Å². The van der Waals surface area contributed by atoms with Gasteiger partial charge in [0.15, 0.2) is 5.96 Å². The van der Waals surface area contributed by atoms with Gasteiger partial charge in [0.1, 0.15) is 5.75 Å². The first kappa shape index (κ1) is 21.0. The third kappa shape index (κ3) is 6.12. The third-order valence-corrected chi connectivity index (χ3v) is 4.97. The molecule has 29 heavy (non-hydrogen) atoms. The number of anilines is 1. The Balaban J connectivity index is 1.62. The van der Waals surface area contributed by atoms with Crippen molar-refractivity contribution >= 4 is 11.6 Å². The van der Waals surface area contributed by atoms with E-state index in [1.165, 1.54) is 16.8 Å². The summed E-state index contributed by atoms with van der Waals surface area (Å²) in [7, 11) is 1.71. The average molecular weight is 397 g/mol. The van der Waals surface area contributed by atoms with Crippen LogP contribution in [0.1, 0.15) is 18.1 Å². The second-order valence-corrected chi connectivity index (χ2v) is 6.91. The SMILES string of the molecule is CCNC(=NCc1ccccc1N1CCOCC1)NCCc1ccccc1OC. The number of guanidine groups is 1. The molecule has 2 aromatic rings. The molecule has 0 saturated carbocycles. The van der Waals surface area contributed by atoms with Crippen molar-refractivity contribution in [2.75, 3.05) is 51.4 Å². The number of hydrogen-bond acceptors (Lipinski definition) is 4. The van der Waals surface area contributed by atoms with E-state index in [-0.39, 0.29) is 0 Å². The lowest BCUT2D eigenvalue weighted by Gasteiger charge is -2.30. The summed E-state index contributed by atoms with van der Waals surface area (Å²) < 4.78 is 10.9. The van der Waals surface area contributed by atoms with Crippen LogP contribution in [0.25, 0.3) is 0 Å². The van der Waals surface area contributed by atoms with Gasteiger partial charge in [-0.2, -0.15) is 0 Å². The monoisotopic (exact) mass is 396 g/mol. The molecule has 1 heterocycles. The Bertz CT molecular complexity index is 788. The fourth-order valence-corrected chi connectivity index (χ4v) is 3.49. The van der Waals surface area contributed by atoms with Crippen molar-refractivity contribution in [3.8, 4) is 5.75 Å². The normalized spacial score (nSPS) is 14.6. The molecule has 0 amide bonds. The number of benzene rings is 2. The minimum Gasteiger partial charge on any atom is -0.496 e. The van der Waals surface area contributed by atoms with Gasteiger partial charge in [-0.05, 0) is 36.6 Å². The predicted octanol–water partition coefficient (Wildman–Crippen LogP) is 2.83. The van der Waals surface area contributed by atoms with Crippen LogP contribution in [0, 0.1) is 0 Å². The Morgan fingerprint density at radius 3 is 2.52 bits per heavy atom. The zero-order chi connectivity index (χ0) is 20.3. The highest BCUT2D eigenvalue weighted by Crippen LogP contribution is 2.22. The summed E-state index contributed by atoms with van der Waals surface area (Å²) in [6.45, 7) is 7.75. The summed E-state index contributed by atoms with van der Waals surface area (Å²) in [4.78, 5) is 7.20. The minimum atomic E-state index is 0.636. The van der Waals surface area contributed by atoms with E-state index in [1.54, 1.807) is 7.11 Å². The number of para-hydroxylation sites is 2. The quantitative estimate of drug-likeness (QED) is 0.531. The maximum atomic E-state index is 5.49. The molecule has 6 nitrogen and oxygen atoms in total. The Morgan fingerprint density at radius 2 is 1.76 bits per heavy atom. The van der Waals surface area contributed by atoms with Gasteiger partial charge in [-0.3, -0.25) is 0 Å². The molecule has 1 saturated heterocycles. The highest BCUT2D eigenvalue weighted by Gasteiger charge is 2.14. The van der Waals surface area contributed by atoms with Crippen LogP contribution in [0.2, 0.25) is 0 Å². The summed E-state index contributed by atoms with van der Waals surface area (Å²) >= 11 is 0. The molecule has 0 spiro atoms. The molecule has 2 N–H and O–H groups in total. The van der Waals surface area contributed by atoms with Crippen molar-refractivity contribution in [1.82, 2.24) is 10.6 Å². The molecule has 1 aliphatic heterocycles. The number of nitrogens with one attached hydrogen (secondary N) is 2. The third-order valence-electron chi connectivity index (χ3n) is 4.97. The molecule has 1 aliphatic rings. The highest BCUT2D eigenvalue weighted by atomic mass is 16.5. The zero-order valence-electron chi connectivity index (χ0n) is 17.5. The van der Waals surface area contributed by atoms with Crippen LogP contribution in [0.5, 0.6) is 5.75 Å². The second-order valence-electron chi connectivity index (χ2n) is 6.91. The van der Waals surface area contributed by atoms with Crippen LogP contribution in [0.4, 0.5) is 5.69 Å². The minimum absolute atomic E-state index is 0.636. The average Bonchev–Trinajstić information content (AvgIpc) is 2.78. The number of rotatable bonds is 8.